The monoisotopic (exact) mass is 268 g/mol. The fraction of sp³-hybridized carbons (Fsp3) is 0.417. The predicted octanol–water partition coefficient (Wildman–Crippen LogP) is 0.298. The van der Waals surface area contributed by atoms with E-state index in [0.717, 1.165) is 6.42 Å². The normalized spacial score (nSPS) is 10.2. The van der Waals surface area contributed by atoms with E-state index < -0.39 is 18.5 Å². The number of carboxylic acid groups (broad SMARTS) is 1. The number of carboxylic acids is 1. The Kier molecular flexibility index (Phi) is 5.74. The summed E-state index contributed by atoms with van der Waals surface area (Å²) in [6.45, 7) is 1.64. The quantitative estimate of drug-likeness (QED) is 0.741. The summed E-state index contributed by atoms with van der Waals surface area (Å²) in [5, 5.41) is 10.9. The molecule has 1 heterocycles. The Morgan fingerprint density at radius 1 is 1.37 bits per heavy atom. The molecule has 0 saturated heterocycles. The number of pyridine rings is 1. The maximum absolute atomic E-state index is 11.5. The lowest BCUT2D eigenvalue weighted by Crippen LogP contribution is -2.23. The molecule has 0 aliphatic heterocycles. The lowest BCUT2D eigenvalue weighted by molar-refractivity contribution is -0.143. The van der Waals surface area contributed by atoms with Gasteiger partial charge in [-0.1, -0.05) is 6.92 Å². The van der Waals surface area contributed by atoms with Crippen molar-refractivity contribution < 1.29 is 19.4 Å². The van der Waals surface area contributed by atoms with Gasteiger partial charge >= 0.3 is 5.97 Å². The minimum atomic E-state index is -1.13. The first-order valence-corrected chi connectivity index (χ1v) is 5.82. The van der Waals surface area contributed by atoms with Crippen molar-refractivity contribution in [2.75, 3.05) is 18.5 Å². The lowest BCUT2D eigenvalue weighted by atomic mass is 10.3. The largest absolute Gasteiger partial charge is 0.480 e. The van der Waals surface area contributed by atoms with Crippen LogP contribution in [0.2, 0.25) is 0 Å². The van der Waals surface area contributed by atoms with E-state index in [2.05, 4.69) is 10.1 Å². The van der Waals surface area contributed by atoms with Gasteiger partial charge in [-0.05, 0) is 12.5 Å². The lowest BCUT2D eigenvalue weighted by Gasteiger charge is -2.08. The zero-order valence-corrected chi connectivity index (χ0v) is 10.6. The number of amides is 1. The third kappa shape index (κ3) is 5.35. The molecule has 0 aliphatic rings. The van der Waals surface area contributed by atoms with E-state index in [1.165, 1.54) is 16.7 Å². The summed E-state index contributed by atoms with van der Waals surface area (Å²) in [5.74, 6) is -1.60. The van der Waals surface area contributed by atoms with Crippen LogP contribution < -0.4 is 10.9 Å². The standard InChI is InChI=1S/C12H16N2O5/c1-2-5-14-6-9(3-4-11(14)16)13-10(15)7-19-8-12(17)18/h3-4,6H,2,5,7-8H2,1H3,(H,13,15)(H,17,18). The maximum atomic E-state index is 11.5. The number of carbonyl (C=O) groups is 2. The van der Waals surface area contributed by atoms with E-state index in [9.17, 15) is 14.4 Å². The van der Waals surface area contributed by atoms with Gasteiger partial charge in [0.1, 0.15) is 13.2 Å². The van der Waals surface area contributed by atoms with Gasteiger partial charge in [0.25, 0.3) is 5.56 Å². The van der Waals surface area contributed by atoms with Crippen LogP contribution in [0.5, 0.6) is 0 Å². The number of aryl methyl sites for hydroxylation is 1. The van der Waals surface area contributed by atoms with Crippen molar-refractivity contribution in [2.24, 2.45) is 0 Å². The Hall–Kier alpha value is -2.15. The van der Waals surface area contributed by atoms with Crippen molar-refractivity contribution in [1.82, 2.24) is 4.57 Å². The molecule has 0 aliphatic carbocycles. The number of rotatable bonds is 7. The summed E-state index contributed by atoms with van der Waals surface area (Å²) >= 11 is 0. The highest BCUT2D eigenvalue weighted by Gasteiger charge is 2.05. The molecule has 2 N–H and O–H groups in total. The number of aliphatic carboxylic acids is 1. The number of aromatic nitrogens is 1. The molecular weight excluding hydrogens is 252 g/mol. The second-order valence-electron chi connectivity index (χ2n) is 3.88. The highest BCUT2D eigenvalue weighted by Crippen LogP contribution is 2.03. The molecule has 1 rings (SSSR count). The highest BCUT2D eigenvalue weighted by atomic mass is 16.5. The second-order valence-corrected chi connectivity index (χ2v) is 3.88. The van der Waals surface area contributed by atoms with Crippen molar-refractivity contribution in [3.8, 4) is 0 Å². The third-order valence-corrected chi connectivity index (χ3v) is 2.19. The summed E-state index contributed by atoms with van der Waals surface area (Å²) in [6, 6.07) is 2.85. The molecule has 0 atom stereocenters. The Morgan fingerprint density at radius 2 is 2.11 bits per heavy atom. The highest BCUT2D eigenvalue weighted by molar-refractivity contribution is 5.91. The van der Waals surface area contributed by atoms with Gasteiger partial charge < -0.3 is 19.7 Å². The Balaban J connectivity index is 2.56. The molecule has 0 radical (unpaired) electrons. The molecule has 0 saturated carbocycles. The van der Waals surface area contributed by atoms with Crippen molar-refractivity contribution >= 4 is 17.6 Å². The average Bonchev–Trinajstić information content (AvgIpc) is 2.33. The first kappa shape index (κ1) is 14.9. The van der Waals surface area contributed by atoms with Crippen LogP contribution in [0.3, 0.4) is 0 Å². The van der Waals surface area contributed by atoms with Crippen molar-refractivity contribution in [1.29, 1.82) is 0 Å². The molecule has 0 spiro atoms. The van der Waals surface area contributed by atoms with Gasteiger partial charge in [0.05, 0.1) is 5.69 Å². The van der Waals surface area contributed by atoms with Crippen molar-refractivity contribution in [3.05, 3.63) is 28.7 Å². The number of hydrogen-bond acceptors (Lipinski definition) is 4. The molecule has 1 aromatic heterocycles. The van der Waals surface area contributed by atoms with E-state index >= 15 is 0 Å². The number of hydrogen-bond donors (Lipinski definition) is 2. The van der Waals surface area contributed by atoms with Crippen LogP contribution in [0.25, 0.3) is 0 Å². The van der Waals surface area contributed by atoms with Crippen LogP contribution in [-0.2, 0) is 20.9 Å². The second kappa shape index (κ2) is 7.32. The first-order chi connectivity index (χ1) is 9.02. The Labute approximate surface area is 109 Å². The van der Waals surface area contributed by atoms with Gasteiger partial charge in [-0.3, -0.25) is 9.59 Å². The zero-order valence-electron chi connectivity index (χ0n) is 10.6. The van der Waals surface area contributed by atoms with E-state index in [1.807, 2.05) is 6.92 Å². The summed E-state index contributed by atoms with van der Waals surface area (Å²) in [4.78, 5) is 33.1. The first-order valence-electron chi connectivity index (χ1n) is 5.82. The molecule has 1 amide bonds. The molecule has 1 aromatic rings. The number of anilines is 1. The van der Waals surface area contributed by atoms with Gasteiger partial charge in [-0.15, -0.1) is 0 Å². The third-order valence-electron chi connectivity index (χ3n) is 2.19. The van der Waals surface area contributed by atoms with Crippen LogP contribution in [0.4, 0.5) is 5.69 Å². The molecule has 19 heavy (non-hydrogen) atoms. The fourth-order valence-electron chi connectivity index (χ4n) is 1.45. The summed E-state index contributed by atoms with van der Waals surface area (Å²) in [6.07, 6.45) is 2.35. The molecular formula is C12H16N2O5. The van der Waals surface area contributed by atoms with Gasteiger partial charge in [-0.2, -0.15) is 0 Å². The van der Waals surface area contributed by atoms with Crippen LogP contribution >= 0.6 is 0 Å². The summed E-state index contributed by atoms with van der Waals surface area (Å²) < 4.78 is 6.14. The Bertz CT molecular complexity index is 509. The van der Waals surface area contributed by atoms with Crippen molar-refractivity contribution in [2.45, 2.75) is 19.9 Å². The summed E-state index contributed by atoms with van der Waals surface area (Å²) in [5.41, 5.74) is 0.332. The van der Waals surface area contributed by atoms with Gasteiger partial charge in [0.15, 0.2) is 0 Å². The topological polar surface area (TPSA) is 97.6 Å². The van der Waals surface area contributed by atoms with E-state index in [4.69, 9.17) is 5.11 Å². The van der Waals surface area contributed by atoms with Gasteiger partial charge in [-0.25, -0.2) is 4.79 Å². The van der Waals surface area contributed by atoms with E-state index in [1.54, 1.807) is 6.20 Å². The Morgan fingerprint density at radius 3 is 2.74 bits per heavy atom. The zero-order chi connectivity index (χ0) is 14.3. The number of nitrogens with zero attached hydrogens (tertiary/aromatic N) is 1. The van der Waals surface area contributed by atoms with Crippen molar-refractivity contribution in [3.63, 3.8) is 0 Å². The van der Waals surface area contributed by atoms with Gasteiger partial charge in [0, 0.05) is 18.8 Å². The fourth-order valence-corrected chi connectivity index (χ4v) is 1.45. The molecule has 0 unspecified atom stereocenters. The number of nitrogens with one attached hydrogen (secondary N) is 1. The molecule has 7 heteroatoms. The van der Waals surface area contributed by atoms with E-state index in [-0.39, 0.29) is 12.2 Å². The molecule has 0 bridgehead atoms. The summed E-state index contributed by atoms with van der Waals surface area (Å²) in [7, 11) is 0. The van der Waals surface area contributed by atoms with Crippen LogP contribution in [-0.4, -0.2) is 34.8 Å². The molecule has 104 valence electrons. The average molecular weight is 268 g/mol. The smallest absolute Gasteiger partial charge is 0.329 e. The minimum absolute atomic E-state index is 0.137. The predicted molar refractivity (Wildman–Crippen MR) is 68.1 cm³/mol. The van der Waals surface area contributed by atoms with E-state index in [0.29, 0.717) is 12.2 Å². The van der Waals surface area contributed by atoms with Gasteiger partial charge in [0.2, 0.25) is 5.91 Å². The molecule has 0 fully saturated rings. The minimum Gasteiger partial charge on any atom is -0.480 e. The maximum Gasteiger partial charge on any atom is 0.329 e. The SMILES string of the molecule is CCCn1cc(NC(=O)COCC(=O)O)ccc1=O. The van der Waals surface area contributed by atoms with Crippen LogP contribution in [0.15, 0.2) is 23.1 Å². The van der Waals surface area contributed by atoms with Crippen LogP contribution in [0.1, 0.15) is 13.3 Å². The van der Waals surface area contributed by atoms with Crippen LogP contribution in [0, 0.1) is 0 Å². The molecule has 7 nitrogen and oxygen atoms in total. The molecule has 0 aromatic carbocycles. The number of carbonyl (C=O) groups excluding carboxylic acids is 1. The number of ether oxygens (including phenoxy) is 1.